The third kappa shape index (κ3) is 2.97. The molecule has 0 heterocycles. The van der Waals surface area contributed by atoms with E-state index in [2.05, 4.69) is 49.4 Å². The van der Waals surface area contributed by atoms with Crippen molar-refractivity contribution in [2.75, 3.05) is 0 Å². The van der Waals surface area contributed by atoms with Crippen molar-refractivity contribution >= 4 is 26.3 Å². The van der Waals surface area contributed by atoms with E-state index < -0.39 is 0 Å². The predicted molar refractivity (Wildman–Crippen MR) is 71.7 cm³/mol. The van der Waals surface area contributed by atoms with Gasteiger partial charge in [0.1, 0.15) is 0 Å². The molecule has 0 aliphatic rings. The minimum absolute atomic E-state index is 0.529. The van der Waals surface area contributed by atoms with Crippen LogP contribution in [0.1, 0.15) is 18.0 Å². The van der Waals surface area contributed by atoms with Gasteiger partial charge in [-0.15, -0.1) is 0 Å². The van der Waals surface area contributed by atoms with Gasteiger partial charge in [0.15, 0.2) is 0 Å². The van der Waals surface area contributed by atoms with Crippen LogP contribution in [0, 0.1) is 0 Å². The van der Waals surface area contributed by atoms with Crippen LogP contribution in [0.25, 0.3) is 0 Å². The van der Waals surface area contributed by atoms with Crippen LogP contribution in [0.3, 0.4) is 0 Å². The Morgan fingerprint density at radius 1 is 1.00 bits per heavy atom. The molecule has 0 amide bonds. The van der Waals surface area contributed by atoms with Gasteiger partial charge >= 0.3 is 0 Å². The highest BCUT2D eigenvalue weighted by Crippen LogP contribution is 2.18. The number of benzene rings is 2. The monoisotopic (exact) mass is 244 g/mol. The van der Waals surface area contributed by atoms with Gasteiger partial charge in [-0.2, -0.15) is 0 Å². The molecule has 2 rings (SSSR count). The number of hydrogen-bond acceptors (Lipinski definition) is 0. The maximum absolute atomic E-state index is 5.99. The van der Waals surface area contributed by atoms with Gasteiger partial charge in [0, 0.05) is 5.02 Å². The van der Waals surface area contributed by atoms with Crippen molar-refractivity contribution in [2.24, 2.45) is 0 Å². The van der Waals surface area contributed by atoms with Gasteiger partial charge in [-0.1, -0.05) is 66.2 Å². The summed E-state index contributed by atoms with van der Waals surface area (Å²) in [6.07, 6.45) is 0. The average Bonchev–Trinajstić information content (AvgIpc) is 2.30. The lowest BCUT2D eigenvalue weighted by molar-refractivity contribution is 1.07. The quantitative estimate of drug-likeness (QED) is 0.726. The molecular weight excluding hydrogens is 232 g/mol. The zero-order chi connectivity index (χ0) is 11.4. The lowest BCUT2D eigenvalue weighted by Crippen LogP contribution is -2.19. The molecule has 80 valence electrons. The Kier molecular flexibility index (Phi) is 3.81. The van der Waals surface area contributed by atoms with E-state index in [1.807, 2.05) is 12.1 Å². The van der Waals surface area contributed by atoms with E-state index in [4.69, 9.17) is 11.6 Å². The summed E-state index contributed by atoms with van der Waals surface area (Å²) in [5.74, 6) is 0. The molecule has 0 aromatic heterocycles. The van der Waals surface area contributed by atoms with E-state index in [0.29, 0.717) is 5.54 Å². The van der Waals surface area contributed by atoms with Crippen LogP contribution in [-0.4, -0.2) is 9.52 Å². The Bertz CT molecular complexity index is 453. The summed E-state index contributed by atoms with van der Waals surface area (Å²) in [7, 11) is 0.793. The van der Waals surface area contributed by atoms with Crippen LogP contribution in [0.15, 0.2) is 54.6 Å². The molecule has 0 nitrogen and oxygen atoms in total. The third-order valence-corrected chi connectivity index (χ3v) is 4.17. The van der Waals surface area contributed by atoms with Crippen LogP contribution >= 0.6 is 11.6 Å². The lowest BCUT2D eigenvalue weighted by atomic mass is 10.2. The summed E-state index contributed by atoms with van der Waals surface area (Å²) in [6, 6.07) is 18.7. The Morgan fingerprint density at radius 2 is 1.75 bits per heavy atom. The summed E-state index contributed by atoms with van der Waals surface area (Å²) < 4.78 is 0. The van der Waals surface area contributed by atoms with Gasteiger partial charge in [-0.05, 0) is 23.2 Å². The van der Waals surface area contributed by atoms with Crippen molar-refractivity contribution in [1.82, 2.24) is 0 Å². The molecule has 0 saturated carbocycles. The first-order chi connectivity index (χ1) is 7.75. The molecule has 1 atom stereocenters. The average molecular weight is 245 g/mol. The summed E-state index contributed by atoms with van der Waals surface area (Å²) in [4.78, 5) is 0. The molecule has 0 aliphatic heterocycles. The standard InChI is InChI=1S/C14H13ClSi/c1-11(12-6-5-7-13(15)10-12)16-14-8-3-2-4-9-14/h2-11H,1H3. The molecule has 0 saturated heterocycles. The van der Waals surface area contributed by atoms with E-state index in [1.54, 1.807) is 0 Å². The second-order valence-corrected chi connectivity index (χ2v) is 5.96. The van der Waals surface area contributed by atoms with E-state index in [-0.39, 0.29) is 0 Å². The van der Waals surface area contributed by atoms with E-state index >= 15 is 0 Å². The van der Waals surface area contributed by atoms with Gasteiger partial charge in [0.25, 0.3) is 0 Å². The van der Waals surface area contributed by atoms with Gasteiger partial charge in [-0.25, -0.2) is 0 Å². The normalized spacial score (nSPS) is 12.4. The first-order valence-corrected chi connectivity index (χ1v) is 6.78. The fraction of sp³-hybridized carbons (Fsp3) is 0.143. The fourth-order valence-corrected chi connectivity index (χ4v) is 3.07. The largest absolute Gasteiger partial charge is 0.0887 e. The Hall–Kier alpha value is -1.05. The van der Waals surface area contributed by atoms with Gasteiger partial charge < -0.3 is 0 Å². The second-order valence-electron chi connectivity index (χ2n) is 3.79. The maximum Gasteiger partial charge on any atom is 0.0887 e. The zero-order valence-electron chi connectivity index (χ0n) is 9.15. The van der Waals surface area contributed by atoms with Gasteiger partial charge in [-0.3, -0.25) is 0 Å². The SMILES string of the molecule is CC([Si]c1ccccc1)c1cccc(Cl)c1. The molecule has 0 N–H and O–H groups in total. The zero-order valence-corrected chi connectivity index (χ0v) is 10.9. The summed E-state index contributed by atoms with van der Waals surface area (Å²) in [5, 5.41) is 2.22. The molecule has 16 heavy (non-hydrogen) atoms. The topological polar surface area (TPSA) is 0 Å². The van der Waals surface area contributed by atoms with Gasteiger partial charge in [0.2, 0.25) is 0 Å². The predicted octanol–water partition coefficient (Wildman–Crippen LogP) is 3.43. The third-order valence-electron chi connectivity index (χ3n) is 2.51. The van der Waals surface area contributed by atoms with E-state index in [0.717, 1.165) is 14.5 Å². The van der Waals surface area contributed by atoms with Crippen LogP contribution in [0.2, 0.25) is 5.02 Å². The minimum atomic E-state index is 0.529. The van der Waals surface area contributed by atoms with Crippen molar-refractivity contribution in [2.45, 2.75) is 12.5 Å². The molecule has 2 aromatic rings. The van der Waals surface area contributed by atoms with Crippen molar-refractivity contribution in [3.05, 3.63) is 65.2 Å². The van der Waals surface area contributed by atoms with Crippen molar-refractivity contribution in [3.63, 3.8) is 0 Å². The molecule has 2 aromatic carbocycles. The molecular formula is C14H13ClSi. The number of hydrogen-bond donors (Lipinski definition) is 0. The molecule has 0 aliphatic carbocycles. The summed E-state index contributed by atoms with van der Waals surface area (Å²) >= 11 is 5.99. The highest BCUT2D eigenvalue weighted by molar-refractivity contribution is 6.54. The Labute approximate surface area is 104 Å². The number of halogens is 1. The highest BCUT2D eigenvalue weighted by Gasteiger charge is 2.07. The summed E-state index contributed by atoms with van der Waals surface area (Å²) in [5.41, 5.74) is 1.84. The van der Waals surface area contributed by atoms with E-state index in [9.17, 15) is 0 Å². The van der Waals surface area contributed by atoms with Crippen molar-refractivity contribution in [1.29, 1.82) is 0 Å². The van der Waals surface area contributed by atoms with Crippen LogP contribution < -0.4 is 5.19 Å². The smallest absolute Gasteiger partial charge is 0.0843 e. The maximum atomic E-state index is 5.99. The second kappa shape index (κ2) is 5.33. The van der Waals surface area contributed by atoms with Crippen molar-refractivity contribution < 1.29 is 0 Å². The number of rotatable bonds is 3. The Morgan fingerprint density at radius 3 is 2.44 bits per heavy atom. The molecule has 0 fully saturated rings. The first-order valence-electron chi connectivity index (χ1n) is 5.33. The highest BCUT2D eigenvalue weighted by atomic mass is 35.5. The molecule has 2 radical (unpaired) electrons. The lowest BCUT2D eigenvalue weighted by Gasteiger charge is -2.11. The molecule has 0 bridgehead atoms. The van der Waals surface area contributed by atoms with Crippen LogP contribution in [0.4, 0.5) is 0 Å². The fourth-order valence-electron chi connectivity index (χ4n) is 1.64. The van der Waals surface area contributed by atoms with Crippen molar-refractivity contribution in [3.8, 4) is 0 Å². The minimum Gasteiger partial charge on any atom is -0.0843 e. The molecule has 1 unspecified atom stereocenters. The van der Waals surface area contributed by atoms with E-state index in [1.165, 1.54) is 10.8 Å². The first kappa shape index (κ1) is 11.4. The van der Waals surface area contributed by atoms with Crippen LogP contribution in [0.5, 0.6) is 0 Å². The van der Waals surface area contributed by atoms with Crippen LogP contribution in [-0.2, 0) is 0 Å². The molecule has 0 spiro atoms. The summed E-state index contributed by atoms with van der Waals surface area (Å²) in [6.45, 7) is 2.25. The van der Waals surface area contributed by atoms with Gasteiger partial charge in [0.05, 0.1) is 9.52 Å². The Balaban J connectivity index is 2.12. The molecule has 2 heteroatoms.